The number of amides is 5. The smallest absolute Gasteiger partial charge is 0.322 e. The predicted octanol–water partition coefficient (Wildman–Crippen LogP) is -1.72. The van der Waals surface area contributed by atoms with Crippen molar-refractivity contribution in [3.8, 4) is 0 Å². The van der Waals surface area contributed by atoms with Crippen LogP contribution in [-0.2, 0) is 66.7 Å². The van der Waals surface area contributed by atoms with Crippen LogP contribution in [0.4, 0.5) is 0 Å². The van der Waals surface area contributed by atoms with Gasteiger partial charge in [0, 0.05) is 38.1 Å². The third-order valence-electron chi connectivity index (χ3n) is 6.79. The Morgan fingerprint density at radius 3 is 1.40 bits per heavy atom. The molecule has 0 aromatic rings. The molecule has 298 valence electrons. The molecule has 19 heteroatoms. The average molecular weight is 749 g/mol. The summed E-state index contributed by atoms with van der Waals surface area (Å²) in [6.07, 6.45) is 2.46. The van der Waals surface area contributed by atoms with Crippen molar-refractivity contribution in [3.05, 3.63) is 12.2 Å². The van der Waals surface area contributed by atoms with E-state index in [1.165, 1.54) is 12.2 Å². The van der Waals surface area contributed by atoms with E-state index in [4.69, 9.17) is 43.0 Å². The van der Waals surface area contributed by atoms with Gasteiger partial charge in [-0.05, 0) is 5.92 Å². The van der Waals surface area contributed by atoms with E-state index in [1.54, 1.807) is 13.8 Å². The van der Waals surface area contributed by atoms with Gasteiger partial charge in [0.1, 0.15) is 12.6 Å². The lowest BCUT2D eigenvalue weighted by atomic mass is 10.0. The van der Waals surface area contributed by atoms with Crippen molar-refractivity contribution in [1.82, 2.24) is 20.9 Å². The summed E-state index contributed by atoms with van der Waals surface area (Å²) < 4.78 is 43.4. The van der Waals surface area contributed by atoms with E-state index in [1.807, 2.05) is 0 Å². The minimum absolute atomic E-state index is 0.0391. The van der Waals surface area contributed by atoms with Crippen LogP contribution >= 0.6 is 0 Å². The Labute approximate surface area is 304 Å². The maximum atomic E-state index is 12.1. The van der Waals surface area contributed by atoms with Crippen LogP contribution in [0, 0.1) is 5.92 Å². The molecule has 0 saturated heterocycles. The first-order valence-corrected chi connectivity index (χ1v) is 17.3. The van der Waals surface area contributed by atoms with Gasteiger partial charge >= 0.3 is 5.97 Å². The fourth-order valence-electron chi connectivity index (χ4n) is 4.08. The van der Waals surface area contributed by atoms with Gasteiger partial charge in [0.05, 0.1) is 106 Å². The fourth-order valence-corrected chi connectivity index (χ4v) is 4.08. The van der Waals surface area contributed by atoms with E-state index in [0.717, 1.165) is 4.90 Å². The summed E-state index contributed by atoms with van der Waals surface area (Å²) in [5.41, 5.74) is 0. The van der Waals surface area contributed by atoms with Crippen molar-refractivity contribution in [2.45, 2.75) is 32.7 Å². The maximum absolute atomic E-state index is 12.1. The Hall–Kier alpha value is -3.56. The van der Waals surface area contributed by atoms with Gasteiger partial charge in [0.2, 0.25) is 17.7 Å². The number of ether oxygens (including phenoxy) is 8. The maximum Gasteiger partial charge on any atom is 0.322 e. The summed E-state index contributed by atoms with van der Waals surface area (Å²) in [4.78, 5) is 70.5. The SMILES string of the molecule is CC(C)[C@H](NC(=O)CCOCCOCCOCCOCCOCCOCCOCCOCCNC(=O)CCN1C(=O)C=CC1=O)C(=O)NCC(=O)O. The van der Waals surface area contributed by atoms with E-state index in [0.29, 0.717) is 106 Å². The Morgan fingerprint density at radius 1 is 0.596 bits per heavy atom. The normalized spacial score (nSPS) is 13.2. The van der Waals surface area contributed by atoms with Gasteiger partial charge in [-0.25, -0.2) is 0 Å². The van der Waals surface area contributed by atoms with Gasteiger partial charge in [-0.3, -0.25) is 33.7 Å². The van der Waals surface area contributed by atoms with E-state index >= 15 is 0 Å². The van der Waals surface area contributed by atoms with Crippen molar-refractivity contribution in [2.75, 3.05) is 125 Å². The molecule has 1 aliphatic heterocycles. The number of carbonyl (C=O) groups is 6. The van der Waals surface area contributed by atoms with Crippen LogP contribution in [0.15, 0.2) is 12.2 Å². The van der Waals surface area contributed by atoms with E-state index in [2.05, 4.69) is 16.0 Å². The number of hydrogen-bond donors (Lipinski definition) is 4. The molecule has 1 atom stereocenters. The largest absolute Gasteiger partial charge is 0.480 e. The van der Waals surface area contributed by atoms with E-state index in [-0.39, 0.29) is 43.7 Å². The lowest BCUT2D eigenvalue weighted by molar-refractivity contribution is -0.139. The number of imide groups is 1. The Morgan fingerprint density at radius 2 is 1.00 bits per heavy atom. The van der Waals surface area contributed by atoms with Crippen LogP contribution in [0.2, 0.25) is 0 Å². The minimum Gasteiger partial charge on any atom is -0.480 e. The van der Waals surface area contributed by atoms with Crippen molar-refractivity contribution in [3.63, 3.8) is 0 Å². The Bertz CT molecular complexity index is 1060. The van der Waals surface area contributed by atoms with Crippen LogP contribution in [-0.4, -0.2) is 177 Å². The zero-order valence-corrected chi connectivity index (χ0v) is 30.3. The van der Waals surface area contributed by atoms with Crippen LogP contribution < -0.4 is 16.0 Å². The Balaban J connectivity index is 1.76. The standard InChI is InChI=1S/C33H56N4O15/c1-26(2)32(33(44)35-25-31(42)43)36-28(39)6-9-45-11-13-47-15-17-49-19-21-51-23-24-52-22-20-50-18-16-48-14-12-46-10-7-34-27(38)5-8-37-29(40)3-4-30(37)41/h3-4,26,32H,5-25H2,1-2H3,(H,34,38)(H,35,44)(H,36,39)(H,42,43)/t32-/m0/s1. The number of aliphatic carboxylic acids is 1. The molecule has 0 radical (unpaired) electrons. The quantitative estimate of drug-likeness (QED) is 0.0417. The first-order valence-electron chi connectivity index (χ1n) is 17.3. The molecule has 1 rings (SSSR count). The number of carboxylic acid groups (broad SMARTS) is 1. The highest BCUT2D eigenvalue weighted by molar-refractivity contribution is 6.13. The molecule has 19 nitrogen and oxygen atoms in total. The Kier molecular flexibility index (Phi) is 27.7. The number of carbonyl (C=O) groups excluding carboxylic acids is 5. The molecule has 0 aromatic carbocycles. The lowest BCUT2D eigenvalue weighted by Crippen LogP contribution is -2.50. The number of rotatable bonds is 35. The summed E-state index contributed by atoms with van der Waals surface area (Å²) in [6, 6.07) is -0.831. The van der Waals surface area contributed by atoms with Crippen LogP contribution in [0.25, 0.3) is 0 Å². The fraction of sp³-hybridized carbons (Fsp3) is 0.758. The molecular weight excluding hydrogens is 692 g/mol. The minimum atomic E-state index is -1.16. The predicted molar refractivity (Wildman–Crippen MR) is 182 cm³/mol. The second kappa shape index (κ2) is 31.0. The topological polar surface area (TPSA) is 236 Å². The summed E-state index contributed by atoms with van der Waals surface area (Å²) >= 11 is 0. The van der Waals surface area contributed by atoms with Crippen molar-refractivity contribution in [2.24, 2.45) is 5.92 Å². The zero-order chi connectivity index (χ0) is 38.2. The first-order chi connectivity index (χ1) is 25.1. The van der Waals surface area contributed by atoms with Gasteiger partial charge in [-0.1, -0.05) is 13.8 Å². The van der Waals surface area contributed by atoms with Crippen LogP contribution in [0.3, 0.4) is 0 Å². The van der Waals surface area contributed by atoms with Gasteiger partial charge in [0.25, 0.3) is 11.8 Å². The molecular formula is C33H56N4O15. The van der Waals surface area contributed by atoms with Gasteiger partial charge in [-0.2, -0.15) is 0 Å². The molecule has 4 N–H and O–H groups in total. The summed E-state index contributed by atoms with van der Waals surface area (Å²) in [6.45, 7) is 9.34. The van der Waals surface area contributed by atoms with Crippen molar-refractivity contribution >= 4 is 35.5 Å². The number of nitrogens with one attached hydrogen (secondary N) is 3. The third-order valence-corrected chi connectivity index (χ3v) is 6.79. The van der Waals surface area contributed by atoms with Gasteiger partial charge in [-0.15, -0.1) is 0 Å². The van der Waals surface area contributed by atoms with Crippen molar-refractivity contribution < 1.29 is 71.8 Å². The molecule has 0 bridgehead atoms. The molecule has 1 heterocycles. The lowest BCUT2D eigenvalue weighted by Gasteiger charge is -2.21. The second-order valence-electron chi connectivity index (χ2n) is 11.3. The average Bonchev–Trinajstić information content (AvgIpc) is 3.43. The molecule has 5 amide bonds. The first kappa shape index (κ1) is 46.5. The third kappa shape index (κ3) is 25.4. The number of hydrogen-bond acceptors (Lipinski definition) is 14. The van der Waals surface area contributed by atoms with E-state index < -0.39 is 36.3 Å². The van der Waals surface area contributed by atoms with E-state index in [9.17, 15) is 28.8 Å². The zero-order valence-electron chi connectivity index (χ0n) is 30.3. The van der Waals surface area contributed by atoms with Crippen LogP contribution in [0.5, 0.6) is 0 Å². The van der Waals surface area contributed by atoms with Crippen LogP contribution in [0.1, 0.15) is 26.7 Å². The van der Waals surface area contributed by atoms with Crippen molar-refractivity contribution in [1.29, 1.82) is 0 Å². The summed E-state index contributed by atoms with van der Waals surface area (Å²) in [5, 5.41) is 16.2. The number of carboxylic acids is 1. The number of nitrogens with zero attached hydrogens (tertiary/aromatic N) is 1. The van der Waals surface area contributed by atoms with Gasteiger partial charge < -0.3 is 59.0 Å². The highest BCUT2D eigenvalue weighted by Gasteiger charge is 2.25. The molecule has 52 heavy (non-hydrogen) atoms. The summed E-state index contributed by atoms with van der Waals surface area (Å²) in [7, 11) is 0. The molecule has 0 fully saturated rings. The van der Waals surface area contributed by atoms with Gasteiger partial charge in [0.15, 0.2) is 0 Å². The highest BCUT2D eigenvalue weighted by Crippen LogP contribution is 2.04. The molecule has 0 unspecified atom stereocenters. The molecule has 0 saturated carbocycles. The monoisotopic (exact) mass is 748 g/mol. The molecule has 0 aromatic heterocycles. The molecule has 1 aliphatic rings. The summed E-state index contributed by atoms with van der Waals surface area (Å²) in [5.74, 6) is -3.38. The highest BCUT2D eigenvalue weighted by atomic mass is 16.6. The second-order valence-corrected chi connectivity index (χ2v) is 11.3. The molecule has 0 aliphatic carbocycles. The molecule has 0 spiro atoms.